The maximum absolute atomic E-state index is 12.6. The predicted octanol–water partition coefficient (Wildman–Crippen LogP) is 5.66. The number of aromatic nitrogens is 1. The third-order valence-electron chi connectivity index (χ3n) is 4.56. The molecule has 2 N–H and O–H groups in total. The van der Waals surface area contributed by atoms with E-state index in [1.165, 1.54) is 24.0 Å². The van der Waals surface area contributed by atoms with Gasteiger partial charge in [-0.3, -0.25) is 4.79 Å². The number of fused-ring (bicyclic) bond motifs is 2. The van der Waals surface area contributed by atoms with E-state index in [1.54, 1.807) is 29.5 Å². The number of thiazole rings is 1. The maximum Gasteiger partial charge on any atom is 0.275 e. The van der Waals surface area contributed by atoms with Crippen molar-refractivity contribution < 1.29 is 14.3 Å². The second-order valence-corrected chi connectivity index (χ2v) is 8.87. The average Bonchev–Trinajstić information content (AvgIpc) is 3.39. The van der Waals surface area contributed by atoms with Gasteiger partial charge in [0, 0.05) is 0 Å². The van der Waals surface area contributed by atoms with E-state index in [0.29, 0.717) is 16.2 Å². The molecule has 3 aromatic carbocycles. The van der Waals surface area contributed by atoms with Gasteiger partial charge in [0.1, 0.15) is 11.5 Å². The summed E-state index contributed by atoms with van der Waals surface area (Å²) in [6, 6.07) is 22.2. The molecule has 0 saturated heterocycles. The second-order valence-electron chi connectivity index (χ2n) is 6.59. The van der Waals surface area contributed by atoms with E-state index in [-0.39, 0.29) is 11.3 Å². The number of carbonyl (C=O) groups is 1. The molecule has 0 aliphatic heterocycles. The van der Waals surface area contributed by atoms with E-state index < -0.39 is 5.91 Å². The Morgan fingerprint density at radius 1 is 1.06 bits per heavy atom. The number of phenolic OH excluding ortho intramolecular Hbond substituents is 1. The summed E-state index contributed by atoms with van der Waals surface area (Å²) in [5.41, 5.74) is 3.59. The molecule has 0 aliphatic rings. The highest BCUT2D eigenvalue weighted by Crippen LogP contribution is 2.35. The number of hydrogen-bond acceptors (Lipinski definition) is 7. The molecule has 0 spiro atoms. The molecule has 6 nitrogen and oxygen atoms in total. The topological polar surface area (TPSA) is 87.7 Å². The lowest BCUT2D eigenvalue weighted by atomic mass is 10.0. The van der Waals surface area contributed by atoms with E-state index in [4.69, 9.17) is 4.42 Å². The summed E-state index contributed by atoms with van der Waals surface area (Å²) in [4.78, 5) is 17.2. The summed E-state index contributed by atoms with van der Waals surface area (Å²) in [7, 11) is 0. The Hall–Kier alpha value is -3.62. The molecule has 1 amide bonds. The molecule has 0 saturated carbocycles. The van der Waals surface area contributed by atoms with Crippen LogP contribution in [0.2, 0.25) is 0 Å². The number of hydrogen-bond donors (Lipinski definition) is 2. The Labute approximate surface area is 185 Å². The smallest absolute Gasteiger partial charge is 0.275 e. The van der Waals surface area contributed by atoms with Gasteiger partial charge in [-0.05, 0) is 52.9 Å². The van der Waals surface area contributed by atoms with Crippen molar-refractivity contribution in [3.63, 3.8) is 0 Å². The molecule has 0 bridgehead atoms. The molecule has 5 aromatic rings. The number of rotatable bonds is 5. The third kappa shape index (κ3) is 4.03. The van der Waals surface area contributed by atoms with Gasteiger partial charge >= 0.3 is 0 Å². The van der Waals surface area contributed by atoms with Crippen LogP contribution in [-0.2, 0) is 0 Å². The quantitative estimate of drug-likeness (QED) is 0.269. The molecule has 8 heteroatoms. The molecule has 2 heterocycles. The Bertz CT molecular complexity index is 1410. The molecule has 0 aliphatic carbocycles. The Morgan fingerprint density at radius 2 is 1.90 bits per heavy atom. The van der Waals surface area contributed by atoms with Crippen molar-refractivity contribution in [1.29, 1.82) is 0 Å². The number of carbonyl (C=O) groups excluding carboxylic acids is 1. The number of amides is 1. The van der Waals surface area contributed by atoms with Crippen LogP contribution in [0.25, 0.3) is 21.0 Å². The number of phenols is 1. The van der Waals surface area contributed by atoms with Crippen LogP contribution in [0.5, 0.6) is 5.75 Å². The third-order valence-corrected chi connectivity index (χ3v) is 6.57. The van der Waals surface area contributed by atoms with Gasteiger partial charge in [0.2, 0.25) is 0 Å². The first-order valence-electron chi connectivity index (χ1n) is 9.35. The highest BCUT2D eigenvalue weighted by atomic mass is 32.2. The monoisotopic (exact) mass is 445 g/mol. The molecule has 152 valence electrons. The van der Waals surface area contributed by atoms with Crippen LogP contribution >= 0.6 is 23.1 Å². The summed E-state index contributed by atoms with van der Waals surface area (Å²) in [5.74, 6) is -0.105. The van der Waals surface area contributed by atoms with Crippen LogP contribution in [0.1, 0.15) is 16.1 Å². The molecule has 2 aromatic heterocycles. The van der Waals surface area contributed by atoms with Crippen LogP contribution in [0.15, 0.2) is 91.7 Å². The van der Waals surface area contributed by atoms with Crippen LogP contribution in [-0.4, -0.2) is 22.2 Å². The largest absolute Gasteiger partial charge is 0.507 e. The van der Waals surface area contributed by atoms with Gasteiger partial charge in [-0.15, -0.1) is 11.3 Å². The normalized spacial score (nSPS) is 11.5. The molecular weight excluding hydrogens is 430 g/mol. The Morgan fingerprint density at radius 3 is 2.81 bits per heavy atom. The van der Waals surface area contributed by atoms with Crippen LogP contribution in [0, 0.1) is 0 Å². The summed E-state index contributed by atoms with van der Waals surface area (Å²) in [6.45, 7) is 0. The lowest BCUT2D eigenvalue weighted by Crippen LogP contribution is -2.18. The van der Waals surface area contributed by atoms with Crippen molar-refractivity contribution in [2.45, 2.75) is 9.43 Å². The van der Waals surface area contributed by atoms with Gasteiger partial charge < -0.3 is 9.52 Å². The summed E-state index contributed by atoms with van der Waals surface area (Å²) in [6.07, 6.45) is 1.42. The van der Waals surface area contributed by atoms with Gasteiger partial charge in [-0.25, -0.2) is 10.4 Å². The highest BCUT2D eigenvalue weighted by molar-refractivity contribution is 8.01. The molecule has 0 unspecified atom stereocenters. The van der Waals surface area contributed by atoms with E-state index in [0.717, 1.165) is 19.9 Å². The number of furan rings is 1. The van der Waals surface area contributed by atoms with Crippen molar-refractivity contribution in [3.8, 4) is 5.75 Å². The fourth-order valence-electron chi connectivity index (χ4n) is 3.15. The van der Waals surface area contributed by atoms with Crippen LogP contribution in [0.3, 0.4) is 0 Å². The second kappa shape index (κ2) is 8.25. The first kappa shape index (κ1) is 19.3. The molecule has 0 atom stereocenters. The summed E-state index contributed by atoms with van der Waals surface area (Å²) >= 11 is 3.03. The number of hydrazone groups is 1. The fraction of sp³-hybridized carbons (Fsp3) is 0. The zero-order chi connectivity index (χ0) is 21.2. The standard InChI is InChI=1S/C23H15N3O3S2/c27-18-11-9-14-5-1-2-6-16(14)21(18)22(28)26-24-13-15-10-12-20(29-15)31-23-25-17-7-3-4-8-19(17)30-23/h1-13,27H,(H,26,28)/b24-13+. The van der Waals surface area contributed by atoms with Crippen molar-refractivity contribution in [2.75, 3.05) is 0 Å². The SMILES string of the molecule is O=C(N/N=C/c1ccc(Sc2nc3ccccc3s2)o1)c1c(O)ccc2ccccc12. The first-order chi connectivity index (χ1) is 15.2. The lowest BCUT2D eigenvalue weighted by molar-refractivity contribution is 0.0954. The minimum atomic E-state index is -0.499. The number of para-hydroxylation sites is 1. The van der Waals surface area contributed by atoms with Crippen LogP contribution in [0.4, 0.5) is 0 Å². The first-order valence-corrected chi connectivity index (χ1v) is 11.0. The van der Waals surface area contributed by atoms with Crippen LogP contribution < -0.4 is 5.43 Å². The van der Waals surface area contributed by atoms with E-state index in [1.807, 2.05) is 48.5 Å². The van der Waals surface area contributed by atoms with E-state index in [2.05, 4.69) is 15.5 Å². The summed E-state index contributed by atoms with van der Waals surface area (Å²) in [5, 5.41) is 16.3. The number of nitrogens with zero attached hydrogens (tertiary/aromatic N) is 2. The lowest BCUT2D eigenvalue weighted by Gasteiger charge is -2.07. The number of benzene rings is 3. The molecule has 31 heavy (non-hydrogen) atoms. The average molecular weight is 446 g/mol. The van der Waals surface area contributed by atoms with Gasteiger partial charge in [0.05, 0.1) is 22.0 Å². The van der Waals surface area contributed by atoms with Crippen molar-refractivity contribution >= 4 is 56.2 Å². The predicted molar refractivity (Wildman–Crippen MR) is 123 cm³/mol. The van der Waals surface area contributed by atoms with Crippen molar-refractivity contribution in [2.24, 2.45) is 5.10 Å². The van der Waals surface area contributed by atoms with Gasteiger partial charge in [-0.1, -0.05) is 42.5 Å². The molecule has 5 rings (SSSR count). The van der Waals surface area contributed by atoms with E-state index >= 15 is 0 Å². The maximum atomic E-state index is 12.6. The fourth-order valence-corrected chi connectivity index (χ4v) is 5.12. The molecule has 0 fully saturated rings. The van der Waals surface area contributed by atoms with Gasteiger partial charge in [-0.2, -0.15) is 5.10 Å². The van der Waals surface area contributed by atoms with Gasteiger partial charge in [0.25, 0.3) is 5.91 Å². The van der Waals surface area contributed by atoms with E-state index in [9.17, 15) is 9.90 Å². The van der Waals surface area contributed by atoms with Crippen molar-refractivity contribution in [3.05, 3.63) is 84.1 Å². The molecule has 0 radical (unpaired) electrons. The summed E-state index contributed by atoms with van der Waals surface area (Å²) < 4.78 is 7.76. The minimum absolute atomic E-state index is 0.0982. The Kier molecular flexibility index (Phi) is 5.15. The zero-order valence-electron chi connectivity index (χ0n) is 16.0. The Balaban J connectivity index is 1.28. The van der Waals surface area contributed by atoms with Gasteiger partial charge in [0.15, 0.2) is 9.43 Å². The zero-order valence-corrected chi connectivity index (χ0v) is 17.6. The minimum Gasteiger partial charge on any atom is -0.507 e. The number of nitrogens with one attached hydrogen (secondary N) is 1. The molecular formula is C23H15N3O3S2. The van der Waals surface area contributed by atoms with Crippen molar-refractivity contribution in [1.82, 2.24) is 10.4 Å². The number of aromatic hydroxyl groups is 1. The highest BCUT2D eigenvalue weighted by Gasteiger charge is 2.14.